The molecule has 5 nitrogen and oxygen atoms in total. The van der Waals surface area contributed by atoms with Gasteiger partial charge in [0.2, 0.25) is 5.91 Å². The Labute approximate surface area is 120 Å². The lowest BCUT2D eigenvalue weighted by molar-refractivity contribution is -0.118. The first-order valence-corrected chi connectivity index (χ1v) is 7.11. The Morgan fingerprint density at radius 3 is 2.80 bits per heavy atom. The van der Waals surface area contributed by atoms with E-state index in [1.54, 1.807) is 23.0 Å². The van der Waals surface area contributed by atoms with Crippen molar-refractivity contribution in [3.05, 3.63) is 42.0 Å². The van der Waals surface area contributed by atoms with Crippen LogP contribution in [-0.4, -0.2) is 33.0 Å². The SMILES string of the molecule is Cn1cnnc1SCC(=O)NCCc1ccc(F)cc1. The fraction of sp³-hybridized carbons (Fsp3) is 0.308. The second-order valence-electron chi connectivity index (χ2n) is 4.24. The lowest BCUT2D eigenvalue weighted by Gasteiger charge is -2.05. The zero-order valence-corrected chi connectivity index (χ0v) is 11.9. The average Bonchev–Trinajstić information content (AvgIpc) is 2.84. The van der Waals surface area contributed by atoms with E-state index >= 15 is 0 Å². The van der Waals surface area contributed by atoms with E-state index in [1.165, 1.54) is 23.9 Å². The van der Waals surface area contributed by atoms with Crippen molar-refractivity contribution < 1.29 is 9.18 Å². The highest BCUT2D eigenvalue weighted by molar-refractivity contribution is 7.99. The molecule has 1 heterocycles. The first-order valence-electron chi connectivity index (χ1n) is 6.13. The van der Waals surface area contributed by atoms with E-state index in [0.29, 0.717) is 23.9 Å². The minimum Gasteiger partial charge on any atom is -0.355 e. The maximum absolute atomic E-state index is 12.7. The summed E-state index contributed by atoms with van der Waals surface area (Å²) in [7, 11) is 1.83. The van der Waals surface area contributed by atoms with Crippen molar-refractivity contribution in [2.75, 3.05) is 12.3 Å². The molecular formula is C13H15FN4OS. The highest BCUT2D eigenvalue weighted by Crippen LogP contribution is 2.12. The molecule has 0 saturated carbocycles. The van der Waals surface area contributed by atoms with Crippen LogP contribution in [-0.2, 0) is 18.3 Å². The van der Waals surface area contributed by atoms with Crippen molar-refractivity contribution in [2.24, 2.45) is 7.05 Å². The molecule has 0 spiro atoms. The number of benzene rings is 1. The molecule has 1 aromatic heterocycles. The predicted octanol–water partition coefficient (Wildman–Crippen LogP) is 1.41. The normalized spacial score (nSPS) is 10.5. The number of thioether (sulfide) groups is 1. The van der Waals surface area contributed by atoms with E-state index < -0.39 is 0 Å². The third-order valence-corrected chi connectivity index (χ3v) is 3.69. The van der Waals surface area contributed by atoms with Crippen LogP contribution >= 0.6 is 11.8 Å². The Hall–Kier alpha value is -1.89. The number of carbonyl (C=O) groups is 1. The molecule has 20 heavy (non-hydrogen) atoms. The first-order chi connectivity index (χ1) is 9.65. The lowest BCUT2D eigenvalue weighted by atomic mass is 10.1. The van der Waals surface area contributed by atoms with Gasteiger partial charge in [-0.3, -0.25) is 4.79 Å². The van der Waals surface area contributed by atoms with Crippen LogP contribution in [0.4, 0.5) is 4.39 Å². The number of halogens is 1. The Bertz CT molecular complexity index is 570. The number of aromatic nitrogens is 3. The summed E-state index contributed by atoms with van der Waals surface area (Å²) in [6, 6.07) is 6.27. The van der Waals surface area contributed by atoms with Crippen LogP contribution in [0.3, 0.4) is 0 Å². The molecule has 106 valence electrons. The summed E-state index contributed by atoms with van der Waals surface area (Å²) in [5, 5.41) is 11.1. The Kier molecular flexibility index (Phi) is 5.11. The molecule has 1 N–H and O–H groups in total. The fourth-order valence-electron chi connectivity index (χ4n) is 1.58. The molecule has 7 heteroatoms. The zero-order valence-electron chi connectivity index (χ0n) is 11.0. The third-order valence-electron chi connectivity index (χ3n) is 2.65. The molecule has 0 aliphatic heterocycles. The number of carbonyl (C=O) groups excluding carboxylic acids is 1. The van der Waals surface area contributed by atoms with Gasteiger partial charge in [0.25, 0.3) is 0 Å². The standard InChI is InChI=1S/C13H15FN4OS/c1-18-9-16-17-13(18)20-8-12(19)15-7-6-10-2-4-11(14)5-3-10/h2-5,9H,6-8H2,1H3,(H,15,19). The smallest absolute Gasteiger partial charge is 0.230 e. The third kappa shape index (κ3) is 4.34. The molecule has 0 saturated heterocycles. The van der Waals surface area contributed by atoms with Crippen LogP contribution in [0.15, 0.2) is 35.7 Å². The van der Waals surface area contributed by atoms with E-state index in [4.69, 9.17) is 0 Å². The minimum absolute atomic E-state index is 0.0555. The maximum atomic E-state index is 12.7. The molecule has 0 aliphatic carbocycles. The highest BCUT2D eigenvalue weighted by Gasteiger charge is 2.06. The molecular weight excluding hydrogens is 279 g/mol. The summed E-state index contributed by atoms with van der Waals surface area (Å²) >= 11 is 1.34. The van der Waals surface area contributed by atoms with Gasteiger partial charge in [-0.25, -0.2) is 4.39 Å². The number of rotatable bonds is 6. The zero-order chi connectivity index (χ0) is 14.4. The van der Waals surface area contributed by atoms with Gasteiger partial charge in [0.05, 0.1) is 5.75 Å². The fourth-order valence-corrected chi connectivity index (χ4v) is 2.30. The molecule has 0 radical (unpaired) electrons. The molecule has 1 amide bonds. The van der Waals surface area contributed by atoms with Crippen LogP contribution in [0.2, 0.25) is 0 Å². The van der Waals surface area contributed by atoms with Gasteiger partial charge in [-0.2, -0.15) is 0 Å². The van der Waals surface area contributed by atoms with Crippen LogP contribution < -0.4 is 5.32 Å². The Morgan fingerprint density at radius 1 is 1.40 bits per heavy atom. The molecule has 0 bridgehead atoms. The summed E-state index contributed by atoms with van der Waals surface area (Å²) in [6.07, 6.45) is 2.27. The van der Waals surface area contributed by atoms with Crippen molar-refractivity contribution in [2.45, 2.75) is 11.6 Å². The molecule has 1 aromatic carbocycles. The number of nitrogens with one attached hydrogen (secondary N) is 1. The number of aryl methyl sites for hydroxylation is 1. The van der Waals surface area contributed by atoms with Crippen LogP contribution in [0.25, 0.3) is 0 Å². The second kappa shape index (κ2) is 7.04. The summed E-state index contributed by atoms with van der Waals surface area (Å²) in [5.74, 6) is -0.00589. The number of hydrogen-bond acceptors (Lipinski definition) is 4. The van der Waals surface area contributed by atoms with Gasteiger partial charge in [0, 0.05) is 13.6 Å². The Balaban J connectivity index is 1.68. The summed E-state index contributed by atoms with van der Waals surface area (Å²) in [4.78, 5) is 11.6. The Morgan fingerprint density at radius 2 is 2.15 bits per heavy atom. The van der Waals surface area contributed by atoms with E-state index in [2.05, 4.69) is 15.5 Å². The van der Waals surface area contributed by atoms with Crippen molar-refractivity contribution in [3.8, 4) is 0 Å². The molecule has 2 aromatic rings. The van der Waals surface area contributed by atoms with Gasteiger partial charge in [-0.05, 0) is 24.1 Å². The molecule has 2 rings (SSSR count). The van der Waals surface area contributed by atoms with Crippen LogP contribution in [0, 0.1) is 5.82 Å². The molecule has 0 atom stereocenters. The van der Waals surface area contributed by atoms with Crippen LogP contribution in [0.1, 0.15) is 5.56 Å². The number of hydrogen-bond donors (Lipinski definition) is 1. The van der Waals surface area contributed by atoms with E-state index in [1.807, 2.05) is 7.05 Å². The minimum atomic E-state index is -0.252. The monoisotopic (exact) mass is 294 g/mol. The van der Waals surface area contributed by atoms with Gasteiger partial charge in [0.15, 0.2) is 5.16 Å². The molecule has 0 unspecified atom stereocenters. The van der Waals surface area contributed by atoms with Crippen molar-refractivity contribution in [1.82, 2.24) is 20.1 Å². The van der Waals surface area contributed by atoms with Gasteiger partial charge in [0.1, 0.15) is 12.1 Å². The van der Waals surface area contributed by atoms with Gasteiger partial charge in [-0.1, -0.05) is 23.9 Å². The van der Waals surface area contributed by atoms with Crippen molar-refractivity contribution >= 4 is 17.7 Å². The maximum Gasteiger partial charge on any atom is 0.230 e. The average molecular weight is 294 g/mol. The highest BCUT2D eigenvalue weighted by atomic mass is 32.2. The topological polar surface area (TPSA) is 59.8 Å². The number of nitrogens with zero attached hydrogens (tertiary/aromatic N) is 3. The summed E-state index contributed by atoms with van der Waals surface area (Å²) in [6.45, 7) is 0.532. The molecule has 0 fully saturated rings. The lowest BCUT2D eigenvalue weighted by Crippen LogP contribution is -2.27. The summed E-state index contributed by atoms with van der Waals surface area (Å²) < 4.78 is 14.5. The summed E-state index contributed by atoms with van der Waals surface area (Å²) in [5.41, 5.74) is 0.993. The largest absolute Gasteiger partial charge is 0.355 e. The van der Waals surface area contributed by atoms with Crippen molar-refractivity contribution in [3.63, 3.8) is 0 Å². The van der Waals surface area contributed by atoms with Gasteiger partial charge >= 0.3 is 0 Å². The quantitative estimate of drug-likeness (QED) is 0.818. The van der Waals surface area contributed by atoms with E-state index in [0.717, 1.165) is 5.56 Å². The van der Waals surface area contributed by atoms with E-state index in [9.17, 15) is 9.18 Å². The predicted molar refractivity (Wildman–Crippen MR) is 74.8 cm³/mol. The second-order valence-corrected chi connectivity index (χ2v) is 5.18. The number of amides is 1. The first kappa shape index (κ1) is 14.5. The molecule has 0 aliphatic rings. The van der Waals surface area contributed by atoms with Crippen molar-refractivity contribution in [1.29, 1.82) is 0 Å². The van der Waals surface area contributed by atoms with Gasteiger partial charge in [-0.15, -0.1) is 10.2 Å². The van der Waals surface area contributed by atoms with Crippen LogP contribution in [0.5, 0.6) is 0 Å². The van der Waals surface area contributed by atoms with E-state index in [-0.39, 0.29) is 11.7 Å². The van der Waals surface area contributed by atoms with Gasteiger partial charge < -0.3 is 9.88 Å².